The van der Waals surface area contributed by atoms with Crippen LogP contribution in [-0.4, -0.2) is 31.2 Å². The zero-order chi connectivity index (χ0) is 14.5. The molecule has 1 atom stereocenters. The molecule has 3 rings (SSSR count). The molecule has 23 heavy (non-hydrogen) atoms. The van der Waals surface area contributed by atoms with Gasteiger partial charge in [-0.3, -0.25) is 4.98 Å². The number of anilines is 1. The Labute approximate surface area is 150 Å². The lowest BCUT2D eigenvalue weighted by Crippen LogP contribution is -2.35. The van der Waals surface area contributed by atoms with Crippen LogP contribution in [0.4, 0.5) is 5.69 Å². The summed E-state index contributed by atoms with van der Waals surface area (Å²) in [6, 6.07) is 8.73. The van der Waals surface area contributed by atoms with Gasteiger partial charge in [-0.05, 0) is 37.9 Å². The largest absolute Gasteiger partial charge is 0.497 e. The number of hydrogen-bond acceptors (Lipinski definition) is 4. The number of ether oxygens (including phenoxy) is 1. The van der Waals surface area contributed by atoms with E-state index in [1.165, 1.54) is 19.3 Å². The Balaban J connectivity index is 0.00000132. The lowest BCUT2D eigenvalue weighted by molar-refractivity contribution is 0.389. The Hall–Kier alpha value is -1.23. The van der Waals surface area contributed by atoms with Crippen molar-refractivity contribution in [3.8, 4) is 5.75 Å². The van der Waals surface area contributed by atoms with Crippen LogP contribution in [-0.2, 0) is 0 Å². The molecular weight excluding hydrogens is 333 g/mol. The smallest absolute Gasteiger partial charge is 0.121 e. The van der Waals surface area contributed by atoms with Crippen LogP contribution in [0.1, 0.15) is 25.7 Å². The predicted octanol–water partition coefficient (Wildman–Crippen LogP) is 4.03. The number of nitrogens with zero attached hydrogens (tertiary/aromatic N) is 1. The van der Waals surface area contributed by atoms with Gasteiger partial charge >= 0.3 is 0 Å². The minimum absolute atomic E-state index is 0. The molecular formula is C17H25Cl2N3O. The number of pyridine rings is 1. The molecule has 0 spiro atoms. The van der Waals surface area contributed by atoms with Gasteiger partial charge in [0.1, 0.15) is 5.75 Å². The Kier molecular flexibility index (Phi) is 8.45. The maximum absolute atomic E-state index is 5.38. The van der Waals surface area contributed by atoms with Gasteiger partial charge in [-0.25, -0.2) is 0 Å². The Morgan fingerprint density at radius 2 is 2.17 bits per heavy atom. The topological polar surface area (TPSA) is 46.2 Å². The molecule has 1 aliphatic heterocycles. The van der Waals surface area contributed by atoms with E-state index in [2.05, 4.69) is 21.7 Å². The second-order valence-corrected chi connectivity index (χ2v) is 5.61. The van der Waals surface area contributed by atoms with Crippen LogP contribution >= 0.6 is 24.8 Å². The molecule has 0 radical (unpaired) electrons. The molecule has 0 amide bonds. The van der Waals surface area contributed by atoms with Crippen molar-refractivity contribution < 1.29 is 4.74 Å². The summed E-state index contributed by atoms with van der Waals surface area (Å²) >= 11 is 0. The van der Waals surface area contributed by atoms with Crippen molar-refractivity contribution in [2.45, 2.75) is 31.7 Å². The van der Waals surface area contributed by atoms with E-state index in [1.54, 1.807) is 7.11 Å². The molecule has 1 aromatic heterocycles. The Morgan fingerprint density at radius 3 is 2.91 bits per heavy atom. The van der Waals surface area contributed by atoms with Gasteiger partial charge in [0.15, 0.2) is 0 Å². The molecule has 2 N–H and O–H groups in total. The van der Waals surface area contributed by atoms with Gasteiger partial charge in [0.25, 0.3) is 0 Å². The highest BCUT2D eigenvalue weighted by Gasteiger charge is 2.12. The van der Waals surface area contributed by atoms with Crippen molar-refractivity contribution in [1.82, 2.24) is 10.3 Å². The van der Waals surface area contributed by atoms with E-state index in [1.807, 2.05) is 24.4 Å². The number of benzene rings is 1. The summed E-state index contributed by atoms with van der Waals surface area (Å²) < 4.78 is 5.38. The molecule has 128 valence electrons. The maximum Gasteiger partial charge on any atom is 0.121 e. The van der Waals surface area contributed by atoms with Crippen molar-refractivity contribution in [3.63, 3.8) is 0 Å². The highest BCUT2D eigenvalue weighted by molar-refractivity contribution is 5.91. The number of hydrogen-bond donors (Lipinski definition) is 2. The van der Waals surface area contributed by atoms with Gasteiger partial charge in [0, 0.05) is 30.2 Å². The first-order chi connectivity index (χ1) is 10.4. The number of fused-ring (bicyclic) bond motifs is 1. The van der Waals surface area contributed by atoms with Crippen LogP contribution in [0.25, 0.3) is 10.9 Å². The minimum Gasteiger partial charge on any atom is -0.497 e. The van der Waals surface area contributed by atoms with Gasteiger partial charge < -0.3 is 15.4 Å². The van der Waals surface area contributed by atoms with Gasteiger partial charge in [-0.1, -0.05) is 12.5 Å². The van der Waals surface area contributed by atoms with Crippen molar-refractivity contribution in [1.29, 1.82) is 0 Å². The molecule has 0 saturated carbocycles. The molecule has 1 aromatic carbocycles. The molecule has 0 aliphatic carbocycles. The van der Waals surface area contributed by atoms with E-state index < -0.39 is 0 Å². The lowest BCUT2D eigenvalue weighted by atomic mass is 10.0. The molecule has 4 nitrogen and oxygen atoms in total. The summed E-state index contributed by atoms with van der Waals surface area (Å²) in [6.45, 7) is 2.12. The quantitative estimate of drug-likeness (QED) is 0.847. The number of rotatable bonds is 5. The van der Waals surface area contributed by atoms with Crippen molar-refractivity contribution in [2.24, 2.45) is 0 Å². The average molecular weight is 358 g/mol. The fourth-order valence-corrected chi connectivity index (χ4v) is 2.97. The monoisotopic (exact) mass is 357 g/mol. The highest BCUT2D eigenvalue weighted by Crippen LogP contribution is 2.27. The van der Waals surface area contributed by atoms with E-state index in [-0.39, 0.29) is 24.8 Å². The molecule has 2 aromatic rings. The van der Waals surface area contributed by atoms with Crippen molar-refractivity contribution in [3.05, 3.63) is 30.5 Å². The van der Waals surface area contributed by atoms with Crippen molar-refractivity contribution in [2.75, 3.05) is 25.5 Å². The summed E-state index contributed by atoms with van der Waals surface area (Å²) in [5.74, 6) is 0.869. The van der Waals surface area contributed by atoms with Crippen LogP contribution in [0, 0.1) is 0 Å². The van der Waals surface area contributed by atoms with E-state index in [0.29, 0.717) is 6.04 Å². The predicted molar refractivity (Wildman–Crippen MR) is 102 cm³/mol. The SMILES string of the molecule is COc1cc(NCCC2CCCCN2)c2ncccc2c1.Cl.Cl. The first-order valence-corrected chi connectivity index (χ1v) is 7.77. The van der Waals surface area contributed by atoms with E-state index in [0.717, 1.165) is 41.9 Å². The first kappa shape index (κ1) is 19.8. The van der Waals surface area contributed by atoms with Crippen LogP contribution in [0.15, 0.2) is 30.5 Å². The molecule has 1 fully saturated rings. The zero-order valence-corrected chi connectivity index (χ0v) is 15.0. The number of nitrogens with one attached hydrogen (secondary N) is 2. The van der Waals surface area contributed by atoms with Gasteiger partial charge in [0.2, 0.25) is 0 Å². The molecule has 0 bridgehead atoms. The summed E-state index contributed by atoms with van der Waals surface area (Å²) in [4.78, 5) is 4.49. The standard InChI is InChI=1S/C17H23N3O.2ClH/c1-21-15-11-13-5-4-9-20-17(13)16(12-15)19-10-7-14-6-2-3-8-18-14;;/h4-5,9,11-12,14,18-19H,2-3,6-8,10H2,1H3;2*1H. The first-order valence-electron chi connectivity index (χ1n) is 7.77. The average Bonchev–Trinajstić information content (AvgIpc) is 2.55. The Morgan fingerprint density at radius 1 is 1.30 bits per heavy atom. The number of halogens is 2. The molecule has 1 aliphatic rings. The molecule has 2 heterocycles. The summed E-state index contributed by atoms with van der Waals surface area (Å²) in [6.07, 6.45) is 6.93. The van der Waals surface area contributed by atoms with Crippen LogP contribution in [0.2, 0.25) is 0 Å². The summed E-state index contributed by atoms with van der Waals surface area (Å²) in [5.41, 5.74) is 2.07. The number of methoxy groups -OCH3 is 1. The normalized spacial score (nSPS) is 17.0. The lowest BCUT2D eigenvalue weighted by Gasteiger charge is -2.23. The maximum atomic E-state index is 5.38. The highest BCUT2D eigenvalue weighted by atomic mass is 35.5. The fourth-order valence-electron chi connectivity index (χ4n) is 2.97. The van der Waals surface area contributed by atoms with Crippen LogP contribution < -0.4 is 15.4 Å². The molecule has 6 heteroatoms. The van der Waals surface area contributed by atoms with Crippen LogP contribution in [0.3, 0.4) is 0 Å². The fraction of sp³-hybridized carbons (Fsp3) is 0.471. The second kappa shape index (κ2) is 9.81. The minimum atomic E-state index is 0. The number of piperidine rings is 1. The van der Waals surface area contributed by atoms with Gasteiger partial charge in [0.05, 0.1) is 18.3 Å². The third-order valence-electron chi connectivity index (χ3n) is 4.13. The molecule has 1 unspecified atom stereocenters. The van der Waals surface area contributed by atoms with Gasteiger partial charge in [-0.15, -0.1) is 24.8 Å². The van der Waals surface area contributed by atoms with Crippen molar-refractivity contribution >= 4 is 41.4 Å². The van der Waals surface area contributed by atoms with Gasteiger partial charge in [-0.2, -0.15) is 0 Å². The second-order valence-electron chi connectivity index (χ2n) is 5.61. The number of aromatic nitrogens is 1. The van der Waals surface area contributed by atoms with E-state index in [9.17, 15) is 0 Å². The zero-order valence-electron chi connectivity index (χ0n) is 13.4. The van der Waals surface area contributed by atoms with E-state index >= 15 is 0 Å². The van der Waals surface area contributed by atoms with E-state index in [4.69, 9.17) is 4.74 Å². The third-order valence-corrected chi connectivity index (χ3v) is 4.13. The van der Waals surface area contributed by atoms with Crippen LogP contribution in [0.5, 0.6) is 5.75 Å². The summed E-state index contributed by atoms with van der Waals surface area (Å²) in [7, 11) is 1.70. The summed E-state index contributed by atoms with van der Waals surface area (Å²) in [5, 5.41) is 8.22. The Bertz CT molecular complexity index is 603. The third kappa shape index (κ3) is 5.13. The molecule has 1 saturated heterocycles.